The monoisotopic (exact) mass is 258 g/mol. The summed E-state index contributed by atoms with van der Waals surface area (Å²) in [7, 11) is 0. The molecule has 2 atom stereocenters. The summed E-state index contributed by atoms with van der Waals surface area (Å²) < 4.78 is 0. The number of hydrogen-bond acceptors (Lipinski definition) is 2. The molecule has 0 radical (unpaired) electrons. The smallest absolute Gasteiger partial charge is 0.326 e. The van der Waals surface area contributed by atoms with E-state index in [0.717, 1.165) is 6.42 Å². The number of amides is 2. The first-order valence-corrected chi connectivity index (χ1v) is 6.45. The highest BCUT2D eigenvalue weighted by Gasteiger charge is 2.22. The highest BCUT2D eigenvalue weighted by atomic mass is 16.4. The summed E-state index contributed by atoms with van der Waals surface area (Å²) in [5.41, 5.74) is 0.114. The molecular weight excluding hydrogens is 232 g/mol. The summed E-state index contributed by atoms with van der Waals surface area (Å²) in [6.45, 7) is 10.8. The van der Waals surface area contributed by atoms with Gasteiger partial charge in [-0.15, -0.1) is 0 Å². The summed E-state index contributed by atoms with van der Waals surface area (Å²) in [4.78, 5) is 22.5. The summed E-state index contributed by atoms with van der Waals surface area (Å²) in [6.07, 6.45) is 1.16. The van der Waals surface area contributed by atoms with E-state index in [1.54, 1.807) is 0 Å². The zero-order chi connectivity index (χ0) is 14.3. The van der Waals surface area contributed by atoms with Crippen LogP contribution < -0.4 is 10.6 Å². The van der Waals surface area contributed by atoms with Crippen LogP contribution in [0.15, 0.2) is 0 Å². The van der Waals surface area contributed by atoms with Crippen molar-refractivity contribution in [2.24, 2.45) is 11.3 Å². The normalized spacial score (nSPS) is 14.7. The van der Waals surface area contributed by atoms with E-state index in [2.05, 4.69) is 38.3 Å². The average Bonchev–Trinajstić information content (AvgIpc) is 2.23. The van der Waals surface area contributed by atoms with E-state index in [0.29, 0.717) is 18.9 Å². The Morgan fingerprint density at radius 3 is 2.22 bits per heavy atom. The largest absolute Gasteiger partial charge is 0.480 e. The van der Waals surface area contributed by atoms with Gasteiger partial charge in [-0.2, -0.15) is 0 Å². The summed E-state index contributed by atoms with van der Waals surface area (Å²) in [5, 5.41) is 14.1. The fourth-order valence-electron chi connectivity index (χ4n) is 1.31. The molecule has 0 spiro atoms. The van der Waals surface area contributed by atoms with Gasteiger partial charge in [0.05, 0.1) is 0 Å². The number of carboxylic acid groups (broad SMARTS) is 1. The number of nitrogens with one attached hydrogen (secondary N) is 2. The lowest BCUT2D eigenvalue weighted by atomic mass is 9.82. The molecule has 5 heteroatoms. The van der Waals surface area contributed by atoms with Crippen molar-refractivity contribution >= 4 is 12.0 Å². The summed E-state index contributed by atoms with van der Waals surface area (Å²) in [6, 6.07) is -1.22. The predicted molar refractivity (Wildman–Crippen MR) is 71.5 cm³/mol. The molecule has 0 aliphatic heterocycles. The Labute approximate surface area is 109 Å². The van der Waals surface area contributed by atoms with Crippen molar-refractivity contribution in [2.45, 2.75) is 53.5 Å². The molecule has 5 nitrogen and oxygen atoms in total. The molecule has 0 aromatic heterocycles. The maximum atomic E-state index is 11.6. The fourth-order valence-corrected chi connectivity index (χ4v) is 1.31. The number of aliphatic carboxylic acids is 1. The van der Waals surface area contributed by atoms with Crippen LogP contribution in [0.1, 0.15) is 47.5 Å². The number of carboxylic acids is 1. The molecule has 0 bridgehead atoms. The van der Waals surface area contributed by atoms with Crippen LogP contribution in [0.3, 0.4) is 0 Å². The second kappa shape index (κ2) is 7.24. The molecule has 0 aromatic rings. The molecule has 2 unspecified atom stereocenters. The van der Waals surface area contributed by atoms with Crippen LogP contribution in [-0.2, 0) is 4.79 Å². The zero-order valence-corrected chi connectivity index (χ0v) is 12.0. The maximum Gasteiger partial charge on any atom is 0.326 e. The third-order valence-electron chi connectivity index (χ3n) is 3.23. The van der Waals surface area contributed by atoms with Crippen LogP contribution in [0.25, 0.3) is 0 Å². The number of urea groups is 1. The Kier molecular flexibility index (Phi) is 6.73. The minimum atomic E-state index is -0.990. The third-order valence-corrected chi connectivity index (χ3v) is 3.23. The van der Waals surface area contributed by atoms with Crippen LogP contribution in [-0.4, -0.2) is 29.7 Å². The van der Waals surface area contributed by atoms with E-state index in [4.69, 9.17) is 5.11 Å². The molecule has 0 heterocycles. The van der Waals surface area contributed by atoms with E-state index in [1.807, 2.05) is 6.92 Å². The molecule has 0 rings (SSSR count). The minimum Gasteiger partial charge on any atom is -0.480 e. The van der Waals surface area contributed by atoms with Gasteiger partial charge in [0.15, 0.2) is 0 Å². The highest BCUT2D eigenvalue weighted by molar-refractivity contribution is 5.82. The van der Waals surface area contributed by atoms with Crippen molar-refractivity contribution < 1.29 is 14.7 Å². The first kappa shape index (κ1) is 16.7. The molecule has 3 N–H and O–H groups in total. The van der Waals surface area contributed by atoms with Crippen molar-refractivity contribution in [3.63, 3.8) is 0 Å². The molecule has 0 aliphatic rings. The van der Waals surface area contributed by atoms with E-state index >= 15 is 0 Å². The molecule has 0 aromatic carbocycles. The Bertz CT molecular complexity index is 284. The minimum absolute atomic E-state index is 0.114. The van der Waals surface area contributed by atoms with Gasteiger partial charge in [-0.25, -0.2) is 9.59 Å². The van der Waals surface area contributed by atoms with Gasteiger partial charge in [0.1, 0.15) is 6.04 Å². The molecule has 0 fully saturated rings. The quantitative estimate of drug-likeness (QED) is 0.683. The van der Waals surface area contributed by atoms with Gasteiger partial charge >= 0.3 is 12.0 Å². The molecule has 0 saturated heterocycles. The van der Waals surface area contributed by atoms with Gasteiger partial charge < -0.3 is 15.7 Å². The Hall–Kier alpha value is -1.26. The van der Waals surface area contributed by atoms with Crippen molar-refractivity contribution in [3.8, 4) is 0 Å². The Balaban J connectivity index is 4.14. The van der Waals surface area contributed by atoms with Crippen molar-refractivity contribution in [1.29, 1.82) is 0 Å². The van der Waals surface area contributed by atoms with Crippen LogP contribution in [0.4, 0.5) is 4.79 Å². The van der Waals surface area contributed by atoms with Crippen LogP contribution >= 0.6 is 0 Å². The topological polar surface area (TPSA) is 78.4 Å². The van der Waals surface area contributed by atoms with Crippen LogP contribution in [0.5, 0.6) is 0 Å². The van der Waals surface area contributed by atoms with Crippen LogP contribution in [0, 0.1) is 11.3 Å². The van der Waals surface area contributed by atoms with Gasteiger partial charge in [0.2, 0.25) is 0 Å². The van der Waals surface area contributed by atoms with E-state index in [1.165, 1.54) is 0 Å². The molecule has 0 aliphatic carbocycles. The third kappa shape index (κ3) is 6.47. The van der Waals surface area contributed by atoms with Crippen LogP contribution in [0.2, 0.25) is 0 Å². The van der Waals surface area contributed by atoms with Crippen molar-refractivity contribution in [2.75, 3.05) is 6.54 Å². The predicted octanol–water partition coefficient (Wildman–Crippen LogP) is 2.22. The number of rotatable bonds is 6. The lowest BCUT2D eigenvalue weighted by molar-refractivity contribution is -0.139. The molecule has 2 amide bonds. The van der Waals surface area contributed by atoms with E-state index in [9.17, 15) is 9.59 Å². The second-order valence-electron chi connectivity index (χ2n) is 5.80. The number of carbonyl (C=O) groups excluding carboxylic acids is 1. The Morgan fingerprint density at radius 2 is 1.83 bits per heavy atom. The van der Waals surface area contributed by atoms with Crippen molar-refractivity contribution in [3.05, 3.63) is 0 Å². The lowest BCUT2D eigenvalue weighted by Crippen LogP contribution is -2.47. The standard InChI is InChI=1S/C13H26N2O3/c1-6-7-10(11(16)17)15-12(18)14-8-9(2)13(3,4)5/h9-10H,6-8H2,1-5H3,(H,16,17)(H2,14,15,18). The van der Waals surface area contributed by atoms with Gasteiger partial charge in [-0.1, -0.05) is 41.0 Å². The van der Waals surface area contributed by atoms with Gasteiger partial charge in [0, 0.05) is 6.54 Å². The zero-order valence-electron chi connectivity index (χ0n) is 12.0. The van der Waals surface area contributed by atoms with E-state index < -0.39 is 18.0 Å². The summed E-state index contributed by atoms with van der Waals surface area (Å²) >= 11 is 0. The first-order chi connectivity index (χ1) is 8.18. The molecule has 18 heavy (non-hydrogen) atoms. The maximum absolute atomic E-state index is 11.6. The highest BCUT2D eigenvalue weighted by Crippen LogP contribution is 2.24. The summed E-state index contributed by atoms with van der Waals surface area (Å²) in [5.74, 6) is -0.673. The van der Waals surface area contributed by atoms with E-state index in [-0.39, 0.29) is 5.41 Å². The van der Waals surface area contributed by atoms with Crippen molar-refractivity contribution in [1.82, 2.24) is 10.6 Å². The number of carbonyl (C=O) groups is 2. The van der Waals surface area contributed by atoms with Gasteiger partial charge in [-0.3, -0.25) is 0 Å². The lowest BCUT2D eigenvalue weighted by Gasteiger charge is -2.27. The molecule has 106 valence electrons. The Morgan fingerprint density at radius 1 is 1.28 bits per heavy atom. The average molecular weight is 258 g/mol. The first-order valence-electron chi connectivity index (χ1n) is 6.45. The fraction of sp³-hybridized carbons (Fsp3) is 0.846. The second-order valence-corrected chi connectivity index (χ2v) is 5.80. The molecular formula is C13H26N2O3. The molecule has 0 saturated carbocycles. The SMILES string of the molecule is CCCC(NC(=O)NCC(C)C(C)(C)C)C(=O)O. The van der Waals surface area contributed by atoms with Gasteiger partial charge in [0.25, 0.3) is 0 Å². The number of hydrogen-bond donors (Lipinski definition) is 3. The van der Waals surface area contributed by atoms with Gasteiger partial charge in [-0.05, 0) is 17.8 Å².